The van der Waals surface area contributed by atoms with Gasteiger partial charge in [0, 0.05) is 5.46 Å². The van der Waals surface area contributed by atoms with Gasteiger partial charge in [-0.05, 0) is 39.3 Å². The summed E-state index contributed by atoms with van der Waals surface area (Å²) >= 11 is 0. The summed E-state index contributed by atoms with van der Waals surface area (Å²) in [6.45, 7) is 8.62. The lowest BCUT2D eigenvalue weighted by Crippen LogP contribution is -2.41. The first kappa shape index (κ1) is 17.8. The summed E-state index contributed by atoms with van der Waals surface area (Å²) in [7, 11) is 1.15. The lowest BCUT2D eigenvalue weighted by atomic mass is 9.78. The molecule has 0 amide bonds. The fourth-order valence-corrected chi connectivity index (χ4v) is 2.76. The summed E-state index contributed by atoms with van der Waals surface area (Å²) in [5.74, 6) is 1.33. The summed E-state index contributed by atoms with van der Waals surface area (Å²) in [6, 6.07) is 15.8. The Hall–Kier alpha value is -1.98. The molecular formula is C20H25BO4. The molecule has 0 N–H and O–H groups in total. The van der Waals surface area contributed by atoms with Crippen LogP contribution in [-0.4, -0.2) is 25.4 Å². The van der Waals surface area contributed by atoms with E-state index in [2.05, 4.69) is 0 Å². The highest BCUT2D eigenvalue weighted by molar-refractivity contribution is 6.63. The molecule has 1 heterocycles. The second-order valence-electron chi connectivity index (χ2n) is 7.24. The molecule has 0 aliphatic carbocycles. The SMILES string of the molecule is COc1c(OCc2ccccc2)cccc1B1OC(C)(C)C(C)(C)O1. The molecule has 1 aliphatic heterocycles. The van der Waals surface area contributed by atoms with Gasteiger partial charge in [-0.2, -0.15) is 0 Å². The first-order valence-electron chi connectivity index (χ1n) is 8.53. The minimum absolute atomic E-state index is 0.399. The van der Waals surface area contributed by atoms with Crippen molar-refractivity contribution in [1.82, 2.24) is 0 Å². The third-order valence-corrected chi connectivity index (χ3v) is 4.96. The van der Waals surface area contributed by atoms with Crippen LogP contribution in [-0.2, 0) is 15.9 Å². The number of ether oxygens (including phenoxy) is 2. The van der Waals surface area contributed by atoms with E-state index in [4.69, 9.17) is 18.8 Å². The summed E-state index contributed by atoms with van der Waals surface area (Å²) in [6.07, 6.45) is 0. The van der Waals surface area contributed by atoms with Crippen molar-refractivity contribution >= 4 is 12.6 Å². The average molecular weight is 340 g/mol. The van der Waals surface area contributed by atoms with Crippen molar-refractivity contribution in [3.8, 4) is 11.5 Å². The van der Waals surface area contributed by atoms with E-state index >= 15 is 0 Å². The van der Waals surface area contributed by atoms with Crippen molar-refractivity contribution in [3.05, 3.63) is 54.1 Å². The molecule has 1 fully saturated rings. The van der Waals surface area contributed by atoms with Crippen LogP contribution in [0.5, 0.6) is 11.5 Å². The maximum absolute atomic E-state index is 6.15. The van der Waals surface area contributed by atoms with Gasteiger partial charge >= 0.3 is 7.12 Å². The minimum atomic E-state index is -0.486. The van der Waals surface area contributed by atoms with E-state index in [-0.39, 0.29) is 0 Å². The summed E-state index contributed by atoms with van der Waals surface area (Å²) in [5.41, 5.74) is 1.14. The maximum Gasteiger partial charge on any atom is 0.498 e. The van der Waals surface area contributed by atoms with Crippen LogP contribution < -0.4 is 14.9 Å². The highest BCUT2D eigenvalue weighted by atomic mass is 16.7. The van der Waals surface area contributed by atoms with E-state index in [0.717, 1.165) is 11.0 Å². The number of hydrogen-bond donors (Lipinski definition) is 0. The van der Waals surface area contributed by atoms with Gasteiger partial charge in [0.05, 0.1) is 18.3 Å². The van der Waals surface area contributed by atoms with Crippen molar-refractivity contribution in [2.45, 2.75) is 45.5 Å². The van der Waals surface area contributed by atoms with Crippen LogP contribution in [0.25, 0.3) is 0 Å². The van der Waals surface area contributed by atoms with Crippen molar-refractivity contribution in [2.24, 2.45) is 0 Å². The lowest BCUT2D eigenvalue weighted by molar-refractivity contribution is 0.00578. The molecule has 25 heavy (non-hydrogen) atoms. The molecular weight excluding hydrogens is 315 g/mol. The summed E-state index contributed by atoms with van der Waals surface area (Å²) in [5, 5.41) is 0. The monoisotopic (exact) mass is 340 g/mol. The van der Waals surface area contributed by atoms with Crippen LogP contribution in [0.1, 0.15) is 33.3 Å². The molecule has 0 unspecified atom stereocenters. The van der Waals surface area contributed by atoms with Gasteiger partial charge in [0.15, 0.2) is 11.5 Å². The molecule has 4 nitrogen and oxygen atoms in total. The fourth-order valence-electron chi connectivity index (χ4n) is 2.76. The van der Waals surface area contributed by atoms with Crippen molar-refractivity contribution < 1.29 is 18.8 Å². The Balaban J connectivity index is 1.84. The molecule has 0 bridgehead atoms. The predicted molar refractivity (Wildman–Crippen MR) is 99.5 cm³/mol. The van der Waals surface area contributed by atoms with Gasteiger partial charge in [0.1, 0.15) is 6.61 Å². The smallest absolute Gasteiger partial charge is 0.493 e. The summed E-state index contributed by atoms with van der Waals surface area (Å²) < 4.78 is 23.9. The third kappa shape index (κ3) is 3.53. The van der Waals surface area contributed by atoms with Crippen LogP contribution in [0.2, 0.25) is 0 Å². The van der Waals surface area contributed by atoms with Gasteiger partial charge in [-0.1, -0.05) is 42.5 Å². The number of para-hydroxylation sites is 1. The summed E-state index contributed by atoms with van der Waals surface area (Å²) in [4.78, 5) is 0. The molecule has 2 aromatic carbocycles. The normalized spacial score (nSPS) is 18.2. The van der Waals surface area contributed by atoms with Gasteiger partial charge in [0.2, 0.25) is 0 Å². The second-order valence-corrected chi connectivity index (χ2v) is 7.24. The van der Waals surface area contributed by atoms with E-state index in [0.29, 0.717) is 18.1 Å². The molecule has 1 aliphatic rings. The first-order chi connectivity index (χ1) is 11.8. The standard InChI is InChI=1S/C20H25BO4/c1-19(2)20(3,4)25-21(24-19)16-12-9-13-17(18(16)22-5)23-14-15-10-7-6-8-11-15/h6-13H,14H2,1-5H3. The number of rotatable bonds is 5. The molecule has 0 atom stereocenters. The maximum atomic E-state index is 6.15. The van der Waals surface area contributed by atoms with Crippen molar-refractivity contribution in [1.29, 1.82) is 0 Å². The Morgan fingerprint density at radius 2 is 1.52 bits per heavy atom. The number of methoxy groups -OCH3 is 1. The van der Waals surface area contributed by atoms with E-state index in [1.165, 1.54) is 0 Å². The quantitative estimate of drug-likeness (QED) is 0.780. The Labute approximate surface area is 150 Å². The largest absolute Gasteiger partial charge is 0.498 e. The first-order valence-corrected chi connectivity index (χ1v) is 8.53. The topological polar surface area (TPSA) is 36.9 Å². The number of benzene rings is 2. The molecule has 0 spiro atoms. The highest BCUT2D eigenvalue weighted by Crippen LogP contribution is 2.38. The van der Waals surface area contributed by atoms with Gasteiger partial charge in [-0.25, -0.2) is 0 Å². The molecule has 0 saturated carbocycles. The van der Waals surface area contributed by atoms with Crippen LogP contribution in [0.3, 0.4) is 0 Å². The fraction of sp³-hybridized carbons (Fsp3) is 0.400. The van der Waals surface area contributed by atoms with E-state index in [1.54, 1.807) is 7.11 Å². The van der Waals surface area contributed by atoms with Gasteiger partial charge in [0.25, 0.3) is 0 Å². The molecule has 3 rings (SSSR count). The molecule has 5 heteroatoms. The van der Waals surface area contributed by atoms with E-state index in [1.807, 2.05) is 76.2 Å². The second kappa shape index (κ2) is 6.73. The molecule has 1 saturated heterocycles. The zero-order valence-electron chi connectivity index (χ0n) is 15.5. The Bertz CT molecular complexity index is 712. The van der Waals surface area contributed by atoms with Gasteiger partial charge < -0.3 is 18.8 Å². The average Bonchev–Trinajstić information content (AvgIpc) is 2.81. The zero-order chi connectivity index (χ0) is 18.1. The van der Waals surface area contributed by atoms with Gasteiger partial charge in [-0.15, -0.1) is 0 Å². The van der Waals surface area contributed by atoms with Crippen LogP contribution in [0, 0.1) is 0 Å². The Kier molecular flexibility index (Phi) is 4.80. The predicted octanol–water partition coefficient (Wildman–Crippen LogP) is 3.57. The lowest BCUT2D eigenvalue weighted by Gasteiger charge is -2.32. The Morgan fingerprint density at radius 1 is 0.880 bits per heavy atom. The molecule has 0 radical (unpaired) electrons. The van der Waals surface area contributed by atoms with Crippen molar-refractivity contribution in [3.63, 3.8) is 0 Å². The van der Waals surface area contributed by atoms with Gasteiger partial charge in [-0.3, -0.25) is 0 Å². The molecule has 0 aromatic heterocycles. The minimum Gasteiger partial charge on any atom is -0.493 e. The van der Waals surface area contributed by atoms with E-state index in [9.17, 15) is 0 Å². The third-order valence-electron chi connectivity index (χ3n) is 4.96. The molecule has 132 valence electrons. The van der Waals surface area contributed by atoms with Crippen LogP contribution in [0.4, 0.5) is 0 Å². The van der Waals surface area contributed by atoms with Crippen molar-refractivity contribution in [2.75, 3.05) is 7.11 Å². The highest BCUT2D eigenvalue weighted by Gasteiger charge is 2.52. The zero-order valence-corrected chi connectivity index (χ0v) is 15.5. The number of hydrogen-bond acceptors (Lipinski definition) is 4. The van der Waals surface area contributed by atoms with Crippen LogP contribution in [0.15, 0.2) is 48.5 Å². The Morgan fingerprint density at radius 3 is 2.12 bits per heavy atom. The van der Waals surface area contributed by atoms with Crippen LogP contribution >= 0.6 is 0 Å². The van der Waals surface area contributed by atoms with E-state index < -0.39 is 18.3 Å². The molecule has 2 aromatic rings.